The van der Waals surface area contributed by atoms with Crippen LogP contribution in [0, 0.1) is 0 Å². The Labute approximate surface area is 156 Å². The Morgan fingerprint density at radius 2 is 1.56 bits per heavy atom. The molecular weight excluding hydrogens is 346 g/mol. The van der Waals surface area contributed by atoms with E-state index in [1.807, 2.05) is 36.4 Å². The van der Waals surface area contributed by atoms with E-state index >= 15 is 0 Å². The number of nitrogens with zero attached hydrogens (tertiary/aromatic N) is 1. The van der Waals surface area contributed by atoms with Gasteiger partial charge in [0.05, 0.1) is 32.6 Å². The van der Waals surface area contributed by atoms with Crippen molar-refractivity contribution < 1.29 is 23.8 Å². The van der Waals surface area contributed by atoms with Gasteiger partial charge < -0.3 is 19.1 Å². The molecule has 0 aliphatic carbocycles. The van der Waals surface area contributed by atoms with E-state index in [0.717, 1.165) is 10.8 Å². The van der Waals surface area contributed by atoms with Crippen LogP contribution in [-0.2, 0) is 19.1 Å². The number of carbonyl (C=O) groups is 2. The fraction of sp³-hybridized carbons (Fsp3) is 0.143. The molecule has 0 saturated carbocycles. The topological polar surface area (TPSA) is 65.1 Å². The predicted octanol–water partition coefficient (Wildman–Crippen LogP) is 3.34. The van der Waals surface area contributed by atoms with Crippen LogP contribution in [0.15, 0.2) is 72.1 Å². The van der Waals surface area contributed by atoms with Crippen LogP contribution >= 0.6 is 0 Å². The van der Waals surface area contributed by atoms with Crippen molar-refractivity contribution in [1.82, 2.24) is 0 Å². The number of methoxy groups -OCH3 is 3. The van der Waals surface area contributed by atoms with Gasteiger partial charge in [-0.1, -0.05) is 30.3 Å². The van der Waals surface area contributed by atoms with Crippen LogP contribution in [-0.4, -0.2) is 33.3 Å². The second-order valence-electron chi connectivity index (χ2n) is 5.65. The van der Waals surface area contributed by atoms with E-state index in [1.165, 1.54) is 20.3 Å². The summed E-state index contributed by atoms with van der Waals surface area (Å²) in [6, 6.07) is 11.3. The highest BCUT2D eigenvalue weighted by atomic mass is 16.5. The number of hydrogen-bond acceptors (Lipinski definition) is 6. The zero-order chi connectivity index (χ0) is 19.4. The number of anilines is 1. The molecule has 0 N–H and O–H groups in total. The third-order valence-electron chi connectivity index (χ3n) is 4.23. The second kappa shape index (κ2) is 7.78. The van der Waals surface area contributed by atoms with Crippen LogP contribution in [0.4, 0.5) is 5.69 Å². The van der Waals surface area contributed by atoms with E-state index in [0.29, 0.717) is 11.4 Å². The number of rotatable bonds is 4. The van der Waals surface area contributed by atoms with Crippen LogP contribution in [0.2, 0.25) is 0 Å². The number of fused-ring (bicyclic) bond motifs is 1. The highest BCUT2D eigenvalue weighted by molar-refractivity contribution is 6.08. The summed E-state index contributed by atoms with van der Waals surface area (Å²) in [6.45, 7) is 0. The summed E-state index contributed by atoms with van der Waals surface area (Å²) < 4.78 is 15.2. The predicted molar refractivity (Wildman–Crippen MR) is 102 cm³/mol. The van der Waals surface area contributed by atoms with Crippen molar-refractivity contribution in [2.24, 2.45) is 0 Å². The third-order valence-corrected chi connectivity index (χ3v) is 4.23. The van der Waals surface area contributed by atoms with Gasteiger partial charge in [-0.15, -0.1) is 0 Å². The number of hydrogen-bond donors (Lipinski definition) is 0. The van der Waals surface area contributed by atoms with Crippen molar-refractivity contribution in [2.75, 3.05) is 26.2 Å². The fourth-order valence-electron chi connectivity index (χ4n) is 2.99. The van der Waals surface area contributed by atoms with Gasteiger partial charge in [-0.05, 0) is 24.3 Å². The van der Waals surface area contributed by atoms with E-state index in [9.17, 15) is 9.59 Å². The number of carbonyl (C=O) groups excluding carboxylic acids is 2. The Balaban J connectivity index is 2.30. The maximum atomic E-state index is 12.6. The summed E-state index contributed by atoms with van der Waals surface area (Å²) in [6.07, 6.45) is 6.63. The Morgan fingerprint density at radius 3 is 2.22 bits per heavy atom. The summed E-state index contributed by atoms with van der Waals surface area (Å²) in [7, 11) is 4.14. The van der Waals surface area contributed by atoms with Gasteiger partial charge in [0.15, 0.2) is 0 Å². The summed E-state index contributed by atoms with van der Waals surface area (Å²) in [5.41, 5.74) is 0.882. The van der Waals surface area contributed by atoms with Gasteiger partial charge in [-0.2, -0.15) is 0 Å². The average Bonchev–Trinajstić information content (AvgIpc) is 2.94. The first-order valence-electron chi connectivity index (χ1n) is 8.23. The number of esters is 2. The quantitative estimate of drug-likeness (QED) is 0.775. The minimum absolute atomic E-state index is 0.0738. The normalized spacial score (nSPS) is 13.5. The zero-order valence-corrected chi connectivity index (χ0v) is 15.3. The van der Waals surface area contributed by atoms with Crippen LogP contribution in [0.1, 0.15) is 0 Å². The lowest BCUT2D eigenvalue weighted by Gasteiger charge is -2.25. The minimum atomic E-state index is -0.647. The Bertz CT molecular complexity index is 987. The number of benzene rings is 2. The van der Waals surface area contributed by atoms with Crippen LogP contribution < -0.4 is 9.64 Å². The van der Waals surface area contributed by atoms with Gasteiger partial charge in [0.1, 0.15) is 11.4 Å². The molecule has 2 aromatic carbocycles. The molecule has 0 radical (unpaired) electrons. The largest absolute Gasteiger partial charge is 0.496 e. The number of ether oxygens (including phenoxy) is 3. The Morgan fingerprint density at radius 1 is 0.852 bits per heavy atom. The van der Waals surface area contributed by atoms with Crippen molar-refractivity contribution in [3.8, 4) is 5.75 Å². The fourth-order valence-corrected chi connectivity index (χ4v) is 2.99. The lowest BCUT2D eigenvalue weighted by Crippen LogP contribution is -2.27. The first-order chi connectivity index (χ1) is 13.1. The molecule has 0 amide bonds. The second-order valence-corrected chi connectivity index (χ2v) is 5.65. The lowest BCUT2D eigenvalue weighted by molar-refractivity contribution is -0.139. The summed E-state index contributed by atoms with van der Waals surface area (Å²) >= 11 is 0. The average molecular weight is 365 g/mol. The molecule has 0 bridgehead atoms. The molecule has 6 heteroatoms. The summed E-state index contributed by atoms with van der Waals surface area (Å²) in [5, 5.41) is 1.74. The molecule has 0 saturated heterocycles. The van der Waals surface area contributed by atoms with E-state index in [1.54, 1.807) is 30.4 Å². The van der Waals surface area contributed by atoms with Gasteiger partial charge in [0.25, 0.3) is 0 Å². The van der Waals surface area contributed by atoms with Crippen molar-refractivity contribution in [1.29, 1.82) is 0 Å². The van der Waals surface area contributed by atoms with Gasteiger partial charge in [0.2, 0.25) is 0 Å². The maximum absolute atomic E-state index is 12.6. The molecule has 0 fully saturated rings. The van der Waals surface area contributed by atoms with E-state index in [2.05, 4.69) is 0 Å². The van der Waals surface area contributed by atoms with E-state index < -0.39 is 11.9 Å². The smallest absolute Gasteiger partial charge is 0.355 e. The standard InChI is InChI=1S/C21H19NO5/c1-25-18-12-11-17(14-8-4-5-9-15(14)18)22-13-7-6-10-16(20(23)26-2)19(22)21(24)27-3/h4-13H,1-3H3. The van der Waals surface area contributed by atoms with Crippen molar-refractivity contribution >= 4 is 28.4 Å². The lowest BCUT2D eigenvalue weighted by atomic mass is 10.1. The number of allylic oxidation sites excluding steroid dienone is 2. The monoisotopic (exact) mass is 365 g/mol. The zero-order valence-electron chi connectivity index (χ0n) is 15.3. The molecule has 3 rings (SSSR count). The van der Waals surface area contributed by atoms with Crippen LogP contribution in [0.5, 0.6) is 5.75 Å². The SMILES string of the molecule is COC(=O)C1=C(C(=O)OC)N(c2ccc(OC)c3ccccc23)C=CC=C1. The molecule has 0 spiro atoms. The summed E-state index contributed by atoms with van der Waals surface area (Å²) in [5.74, 6) is -0.562. The van der Waals surface area contributed by atoms with E-state index in [-0.39, 0.29) is 11.3 Å². The Kier molecular flexibility index (Phi) is 5.26. The molecule has 1 aliphatic rings. The molecule has 1 heterocycles. The summed E-state index contributed by atoms with van der Waals surface area (Å²) in [4.78, 5) is 26.5. The molecule has 0 unspecified atom stereocenters. The molecule has 27 heavy (non-hydrogen) atoms. The molecular formula is C21H19NO5. The first kappa shape index (κ1) is 18.3. The highest BCUT2D eigenvalue weighted by Crippen LogP contribution is 2.36. The molecule has 2 aromatic rings. The van der Waals surface area contributed by atoms with Crippen LogP contribution in [0.3, 0.4) is 0 Å². The minimum Gasteiger partial charge on any atom is -0.496 e. The highest BCUT2D eigenvalue weighted by Gasteiger charge is 2.28. The Hall–Kier alpha value is -3.54. The molecule has 138 valence electrons. The van der Waals surface area contributed by atoms with Gasteiger partial charge >= 0.3 is 11.9 Å². The van der Waals surface area contributed by atoms with Crippen LogP contribution in [0.25, 0.3) is 10.8 Å². The molecule has 0 atom stereocenters. The van der Waals surface area contributed by atoms with Gasteiger partial charge in [-0.3, -0.25) is 0 Å². The van der Waals surface area contributed by atoms with E-state index in [4.69, 9.17) is 14.2 Å². The third kappa shape index (κ3) is 3.29. The van der Waals surface area contributed by atoms with Crippen molar-refractivity contribution in [3.05, 3.63) is 72.1 Å². The van der Waals surface area contributed by atoms with Crippen molar-refractivity contribution in [3.63, 3.8) is 0 Å². The van der Waals surface area contributed by atoms with Gasteiger partial charge in [-0.25, -0.2) is 9.59 Å². The molecule has 0 aromatic heterocycles. The first-order valence-corrected chi connectivity index (χ1v) is 8.23. The molecule has 6 nitrogen and oxygen atoms in total. The molecule has 1 aliphatic heterocycles. The van der Waals surface area contributed by atoms with Gasteiger partial charge in [0, 0.05) is 17.0 Å². The maximum Gasteiger partial charge on any atom is 0.355 e. The van der Waals surface area contributed by atoms with Crippen molar-refractivity contribution in [2.45, 2.75) is 0 Å².